The number of carbonyl (C=O) groups excluding carboxylic acids is 1. The van der Waals surface area contributed by atoms with Crippen LogP contribution in [0.5, 0.6) is 11.5 Å². The van der Waals surface area contributed by atoms with E-state index in [1.807, 2.05) is 35.0 Å². The molecule has 25 heavy (non-hydrogen) atoms. The van der Waals surface area contributed by atoms with Gasteiger partial charge in [0, 0.05) is 6.07 Å². The van der Waals surface area contributed by atoms with E-state index in [1.54, 1.807) is 13.3 Å². The Morgan fingerprint density at radius 3 is 2.72 bits per heavy atom. The summed E-state index contributed by atoms with van der Waals surface area (Å²) >= 11 is 0. The van der Waals surface area contributed by atoms with E-state index < -0.39 is 0 Å². The van der Waals surface area contributed by atoms with Crippen LogP contribution >= 0.6 is 0 Å². The number of aromatic nitrogens is 2. The topological polar surface area (TPSA) is 65.4 Å². The molecule has 134 valence electrons. The van der Waals surface area contributed by atoms with Gasteiger partial charge in [0.05, 0.1) is 32.4 Å². The second-order valence-electron chi connectivity index (χ2n) is 6.25. The number of para-hydroxylation sites is 2. The quantitative estimate of drug-likeness (QED) is 0.830. The number of hydrogen-bond acceptors (Lipinski definition) is 4. The molecule has 0 atom stereocenters. The molecule has 1 aromatic heterocycles. The third kappa shape index (κ3) is 4.53. The Labute approximate surface area is 148 Å². The van der Waals surface area contributed by atoms with Gasteiger partial charge in [0.15, 0.2) is 11.5 Å². The Morgan fingerprint density at radius 2 is 1.96 bits per heavy atom. The molecule has 6 heteroatoms. The summed E-state index contributed by atoms with van der Waals surface area (Å²) in [5.41, 5.74) is 0. The molecule has 1 heterocycles. The van der Waals surface area contributed by atoms with Crippen molar-refractivity contribution in [1.29, 1.82) is 0 Å². The normalized spacial score (nSPS) is 14.9. The number of benzene rings is 1. The Hall–Kier alpha value is -2.50. The predicted molar refractivity (Wildman–Crippen MR) is 96.1 cm³/mol. The van der Waals surface area contributed by atoms with Gasteiger partial charge >= 0.3 is 0 Å². The molecule has 0 radical (unpaired) electrons. The lowest BCUT2D eigenvalue weighted by Gasteiger charge is -2.23. The van der Waals surface area contributed by atoms with Crippen molar-refractivity contribution in [2.75, 3.05) is 19.0 Å². The van der Waals surface area contributed by atoms with Crippen LogP contribution in [-0.2, 0) is 4.79 Å². The van der Waals surface area contributed by atoms with Crippen molar-refractivity contribution < 1.29 is 14.3 Å². The fourth-order valence-electron chi connectivity index (χ4n) is 3.23. The van der Waals surface area contributed by atoms with Crippen LogP contribution in [0.1, 0.15) is 44.6 Å². The van der Waals surface area contributed by atoms with Crippen LogP contribution < -0.4 is 14.8 Å². The lowest BCUT2D eigenvalue weighted by molar-refractivity contribution is -0.116. The minimum Gasteiger partial charge on any atom is -0.493 e. The predicted octanol–water partition coefficient (Wildman–Crippen LogP) is 3.80. The molecule has 0 saturated heterocycles. The maximum absolute atomic E-state index is 12.2. The van der Waals surface area contributed by atoms with Crippen molar-refractivity contribution >= 4 is 11.7 Å². The van der Waals surface area contributed by atoms with Gasteiger partial charge in [-0.1, -0.05) is 31.4 Å². The lowest BCUT2D eigenvalue weighted by Crippen LogP contribution is -2.21. The van der Waals surface area contributed by atoms with E-state index in [-0.39, 0.29) is 12.3 Å². The van der Waals surface area contributed by atoms with Gasteiger partial charge < -0.3 is 14.8 Å². The maximum atomic E-state index is 12.2. The fourth-order valence-corrected chi connectivity index (χ4v) is 3.23. The molecule has 1 N–H and O–H groups in total. The van der Waals surface area contributed by atoms with Gasteiger partial charge in [-0.15, -0.1) is 0 Å². The number of nitrogens with zero attached hydrogens (tertiary/aromatic N) is 2. The smallest absolute Gasteiger partial charge is 0.228 e. The first-order valence-corrected chi connectivity index (χ1v) is 8.87. The SMILES string of the molecule is COc1ccccc1OCCC(=O)Nc1ccnn1C1CCCCC1. The highest BCUT2D eigenvalue weighted by atomic mass is 16.5. The summed E-state index contributed by atoms with van der Waals surface area (Å²) in [5, 5.41) is 7.35. The molecule has 1 aliphatic carbocycles. The number of carbonyl (C=O) groups is 1. The summed E-state index contributed by atoms with van der Waals surface area (Å²) in [7, 11) is 1.60. The monoisotopic (exact) mass is 343 g/mol. The molecule has 0 aliphatic heterocycles. The van der Waals surface area contributed by atoms with Crippen molar-refractivity contribution in [3.05, 3.63) is 36.5 Å². The number of methoxy groups -OCH3 is 1. The second-order valence-corrected chi connectivity index (χ2v) is 6.25. The number of amides is 1. The van der Waals surface area contributed by atoms with Gasteiger partial charge in [-0.2, -0.15) is 5.10 Å². The first-order valence-electron chi connectivity index (χ1n) is 8.87. The van der Waals surface area contributed by atoms with Crippen molar-refractivity contribution in [3.63, 3.8) is 0 Å². The van der Waals surface area contributed by atoms with Gasteiger partial charge in [0.25, 0.3) is 0 Å². The molecule has 1 saturated carbocycles. The van der Waals surface area contributed by atoms with E-state index in [2.05, 4.69) is 10.4 Å². The Bertz CT molecular complexity index is 693. The highest BCUT2D eigenvalue weighted by Crippen LogP contribution is 2.30. The summed E-state index contributed by atoms with van der Waals surface area (Å²) in [6.07, 6.45) is 8.02. The zero-order valence-electron chi connectivity index (χ0n) is 14.6. The van der Waals surface area contributed by atoms with Crippen LogP contribution in [0.15, 0.2) is 36.5 Å². The van der Waals surface area contributed by atoms with Crippen LogP contribution in [-0.4, -0.2) is 29.4 Å². The molecule has 0 unspecified atom stereocenters. The standard InChI is InChI=1S/C19H25N3O3/c1-24-16-9-5-6-10-17(16)25-14-12-19(23)21-18-11-13-20-22(18)15-7-3-2-4-8-15/h5-6,9-11,13,15H,2-4,7-8,12,14H2,1H3,(H,21,23). The van der Waals surface area contributed by atoms with Gasteiger partial charge in [0.2, 0.25) is 5.91 Å². The summed E-state index contributed by atoms with van der Waals surface area (Å²) < 4.78 is 12.8. The van der Waals surface area contributed by atoms with E-state index in [0.717, 1.165) is 18.7 Å². The van der Waals surface area contributed by atoms with Crippen LogP contribution in [0, 0.1) is 0 Å². The summed E-state index contributed by atoms with van der Waals surface area (Å²) in [6, 6.07) is 9.66. The summed E-state index contributed by atoms with van der Waals surface area (Å²) in [4.78, 5) is 12.2. The molecule has 1 amide bonds. The third-order valence-electron chi connectivity index (χ3n) is 4.51. The molecular weight excluding hydrogens is 318 g/mol. The number of nitrogens with one attached hydrogen (secondary N) is 1. The molecule has 3 rings (SSSR count). The minimum absolute atomic E-state index is 0.0764. The first-order chi connectivity index (χ1) is 12.3. The van der Waals surface area contributed by atoms with Gasteiger partial charge in [-0.25, -0.2) is 4.68 Å². The van der Waals surface area contributed by atoms with Gasteiger partial charge in [-0.05, 0) is 25.0 Å². The molecule has 1 fully saturated rings. The van der Waals surface area contributed by atoms with E-state index >= 15 is 0 Å². The van der Waals surface area contributed by atoms with E-state index in [0.29, 0.717) is 24.1 Å². The minimum atomic E-state index is -0.0764. The average molecular weight is 343 g/mol. The zero-order valence-corrected chi connectivity index (χ0v) is 14.6. The number of hydrogen-bond donors (Lipinski definition) is 1. The van der Waals surface area contributed by atoms with Crippen LogP contribution in [0.3, 0.4) is 0 Å². The molecular formula is C19H25N3O3. The zero-order chi connectivity index (χ0) is 17.5. The van der Waals surface area contributed by atoms with E-state index in [9.17, 15) is 4.79 Å². The third-order valence-corrected chi connectivity index (χ3v) is 4.51. The second kappa shape index (κ2) is 8.55. The van der Waals surface area contributed by atoms with Crippen molar-refractivity contribution in [1.82, 2.24) is 9.78 Å². The highest BCUT2D eigenvalue weighted by molar-refractivity contribution is 5.89. The molecule has 0 spiro atoms. The summed E-state index contributed by atoms with van der Waals surface area (Å²) in [5.74, 6) is 2.00. The molecule has 1 aromatic carbocycles. The summed E-state index contributed by atoms with van der Waals surface area (Å²) in [6.45, 7) is 0.295. The Kier molecular flexibility index (Phi) is 5.93. The Morgan fingerprint density at radius 1 is 1.20 bits per heavy atom. The van der Waals surface area contributed by atoms with Crippen LogP contribution in [0.2, 0.25) is 0 Å². The van der Waals surface area contributed by atoms with Crippen molar-refractivity contribution in [2.24, 2.45) is 0 Å². The van der Waals surface area contributed by atoms with E-state index in [1.165, 1.54) is 19.3 Å². The van der Waals surface area contributed by atoms with Gasteiger partial charge in [0.1, 0.15) is 5.82 Å². The van der Waals surface area contributed by atoms with Crippen LogP contribution in [0.25, 0.3) is 0 Å². The molecule has 2 aromatic rings. The van der Waals surface area contributed by atoms with Crippen LogP contribution in [0.4, 0.5) is 5.82 Å². The molecule has 6 nitrogen and oxygen atoms in total. The lowest BCUT2D eigenvalue weighted by atomic mass is 9.96. The number of anilines is 1. The highest BCUT2D eigenvalue weighted by Gasteiger charge is 2.19. The molecule has 1 aliphatic rings. The fraction of sp³-hybridized carbons (Fsp3) is 0.474. The van der Waals surface area contributed by atoms with Crippen molar-refractivity contribution in [2.45, 2.75) is 44.6 Å². The maximum Gasteiger partial charge on any atom is 0.228 e. The number of rotatable bonds is 7. The largest absolute Gasteiger partial charge is 0.493 e. The number of ether oxygens (including phenoxy) is 2. The van der Waals surface area contributed by atoms with E-state index in [4.69, 9.17) is 9.47 Å². The van der Waals surface area contributed by atoms with Gasteiger partial charge in [-0.3, -0.25) is 4.79 Å². The van der Waals surface area contributed by atoms with Crippen molar-refractivity contribution in [3.8, 4) is 11.5 Å². The Balaban J connectivity index is 1.51. The molecule has 0 bridgehead atoms. The average Bonchev–Trinajstić information content (AvgIpc) is 3.11. The first kappa shape index (κ1) is 17.3.